The van der Waals surface area contributed by atoms with Gasteiger partial charge in [0.15, 0.2) is 0 Å². The smallest absolute Gasteiger partial charge is 0.296 e. The van der Waals surface area contributed by atoms with E-state index in [1.807, 2.05) is 88.6 Å². The number of fused-ring (bicyclic) bond motifs is 1. The number of nitrogens with zero attached hydrogens (tertiary/aromatic N) is 2. The minimum absolute atomic E-state index is 0.0201. The number of carbonyl (C=O) groups excluding carboxylic acids is 2. The quantitative estimate of drug-likeness (QED) is 0.405. The van der Waals surface area contributed by atoms with Crippen molar-refractivity contribution in [3.63, 3.8) is 0 Å². The SMILES string of the molecule is CC(C)NC(=O)C#Cc1ccc2c(c1)NC(=O)C2C(=Nc1ccc(CN(C)C)cc1)c1ccccc1. The summed E-state index contributed by atoms with van der Waals surface area (Å²) in [4.78, 5) is 32.2. The normalized spacial score (nSPS) is 14.8. The molecule has 1 aliphatic rings. The van der Waals surface area contributed by atoms with Crippen molar-refractivity contribution in [2.45, 2.75) is 32.4 Å². The van der Waals surface area contributed by atoms with E-state index in [-0.39, 0.29) is 17.9 Å². The molecular weight excluding hydrogens is 448 g/mol. The molecule has 0 spiro atoms. The van der Waals surface area contributed by atoms with E-state index in [1.165, 1.54) is 5.56 Å². The first kappa shape index (κ1) is 24.9. The third kappa shape index (κ3) is 6.07. The first-order valence-electron chi connectivity index (χ1n) is 11.9. The molecule has 0 aromatic heterocycles. The Bertz CT molecular complexity index is 1350. The lowest BCUT2D eigenvalue weighted by molar-refractivity contribution is -0.116. The largest absolute Gasteiger partial charge is 0.343 e. The van der Waals surface area contributed by atoms with Gasteiger partial charge in [0, 0.05) is 29.8 Å². The standard InChI is InChI=1S/C30H30N4O2/c1-20(2)31-27(35)17-13-21-12-16-25-26(18-21)33-30(36)28(25)29(23-8-6-5-7-9-23)32-24-14-10-22(11-15-24)19-34(3)4/h5-12,14-16,18,20,28H,19H2,1-4H3,(H,31,35)(H,33,36). The molecule has 1 heterocycles. The van der Waals surface area contributed by atoms with Crippen molar-refractivity contribution in [1.82, 2.24) is 10.2 Å². The van der Waals surface area contributed by atoms with Crippen LogP contribution >= 0.6 is 0 Å². The van der Waals surface area contributed by atoms with Crippen LogP contribution in [0.2, 0.25) is 0 Å². The van der Waals surface area contributed by atoms with Crippen LogP contribution in [-0.2, 0) is 16.1 Å². The molecule has 0 aliphatic carbocycles. The van der Waals surface area contributed by atoms with Gasteiger partial charge in [-0.1, -0.05) is 54.5 Å². The fourth-order valence-corrected chi connectivity index (χ4v) is 4.12. The zero-order valence-corrected chi connectivity index (χ0v) is 21.0. The molecule has 2 amide bonds. The van der Waals surface area contributed by atoms with Crippen molar-refractivity contribution in [2.75, 3.05) is 19.4 Å². The Hall–Kier alpha value is -4.21. The van der Waals surface area contributed by atoms with Gasteiger partial charge in [-0.25, -0.2) is 0 Å². The molecule has 1 aliphatic heterocycles. The molecular formula is C30H30N4O2. The lowest BCUT2D eigenvalue weighted by atomic mass is 9.90. The van der Waals surface area contributed by atoms with Crippen molar-refractivity contribution in [3.8, 4) is 11.8 Å². The van der Waals surface area contributed by atoms with Crippen LogP contribution in [0.1, 0.15) is 42.0 Å². The number of nitrogens with one attached hydrogen (secondary N) is 2. The van der Waals surface area contributed by atoms with Gasteiger partial charge in [-0.3, -0.25) is 14.6 Å². The fourth-order valence-electron chi connectivity index (χ4n) is 4.12. The molecule has 3 aromatic carbocycles. The number of aliphatic imine (C=N–C) groups is 1. The summed E-state index contributed by atoms with van der Waals surface area (Å²) in [5.41, 5.74) is 5.73. The van der Waals surface area contributed by atoms with Gasteiger partial charge in [0.1, 0.15) is 5.92 Å². The summed E-state index contributed by atoms with van der Waals surface area (Å²) in [6.07, 6.45) is 0. The Labute approximate surface area is 212 Å². The second-order valence-electron chi connectivity index (χ2n) is 9.37. The molecule has 0 bridgehead atoms. The van der Waals surface area contributed by atoms with Gasteiger partial charge in [0.2, 0.25) is 5.91 Å². The Morgan fingerprint density at radius 2 is 1.78 bits per heavy atom. The van der Waals surface area contributed by atoms with E-state index in [2.05, 4.69) is 39.5 Å². The molecule has 3 aromatic rings. The van der Waals surface area contributed by atoms with Crippen molar-refractivity contribution in [2.24, 2.45) is 4.99 Å². The second-order valence-corrected chi connectivity index (χ2v) is 9.37. The molecule has 0 fully saturated rings. The fraction of sp³-hybridized carbons (Fsp3) is 0.233. The van der Waals surface area contributed by atoms with E-state index in [9.17, 15) is 9.59 Å². The summed E-state index contributed by atoms with van der Waals surface area (Å²) < 4.78 is 0. The number of hydrogen-bond donors (Lipinski definition) is 2. The highest BCUT2D eigenvalue weighted by Crippen LogP contribution is 2.36. The summed E-state index contributed by atoms with van der Waals surface area (Å²) in [5.74, 6) is 4.45. The minimum atomic E-state index is -0.560. The topological polar surface area (TPSA) is 73.8 Å². The van der Waals surface area contributed by atoms with Crippen LogP contribution in [0.15, 0.2) is 77.8 Å². The van der Waals surface area contributed by atoms with E-state index in [0.717, 1.165) is 23.4 Å². The van der Waals surface area contributed by atoms with Crippen LogP contribution in [0, 0.1) is 11.8 Å². The maximum absolute atomic E-state index is 13.2. The summed E-state index contributed by atoms with van der Waals surface area (Å²) in [6.45, 7) is 4.61. The predicted molar refractivity (Wildman–Crippen MR) is 144 cm³/mol. The molecule has 0 saturated carbocycles. The number of carbonyl (C=O) groups is 2. The molecule has 6 heteroatoms. The minimum Gasteiger partial charge on any atom is -0.343 e. The Morgan fingerprint density at radius 3 is 2.44 bits per heavy atom. The monoisotopic (exact) mass is 478 g/mol. The molecule has 2 N–H and O–H groups in total. The van der Waals surface area contributed by atoms with E-state index >= 15 is 0 Å². The van der Waals surface area contributed by atoms with E-state index in [0.29, 0.717) is 17.0 Å². The average molecular weight is 479 g/mol. The number of benzene rings is 3. The van der Waals surface area contributed by atoms with Gasteiger partial charge in [-0.15, -0.1) is 0 Å². The van der Waals surface area contributed by atoms with Crippen molar-refractivity contribution in [1.29, 1.82) is 0 Å². The number of rotatable bonds is 6. The summed E-state index contributed by atoms with van der Waals surface area (Å²) in [5, 5.41) is 5.73. The van der Waals surface area contributed by atoms with Crippen LogP contribution in [0.5, 0.6) is 0 Å². The molecule has 0 radical (unpaired) electrons. The van der Waals surface area contributed by atoms with E-state index < -0.39 is 5.92 Å². The first-order valence-corrected chi connectivity index (χ1v) is 11.9. The van der Waals surface area contributed by atoms with Crippen molar-refractivity contribution < 1.29 is 9.59 Å². The Kier molecular flexibility index (Phi) is 7.62. The molecule has 6 nitrogen and oxygen atoms in total. The lowest BCUT2D eigenvalue weighted by Crippen LogP contribution is -2.28. The third-order valence-corrected chi connectivity index (χ3v) is 5.65. The van der Waals surface area contributed by atoms with Crippen LogP contribution < -0.4 is 10.6 Å². The zero-order valence-electron chi connectivity index (χ0n) is 21.0. The number of hydrogen-bond acceptors (Lipinski definition) is 4. The van der Waals surface area contributed by atoms with Crippen LogP contribution in [0.25, 0.3) is 0 Å². The lowest BCUT2D eigenvalue weighted by Gasteiger charge is -2.14. The van der Waals surface area contributed by atoms with E-state index in [4.69, 9.17) is 4.99 Å². The molecule has 182 valence electrons. The highest BCUT2D eigenvalue weighted by atomic mass is 16.2. The summed E-state index contributed by atoms with van der Waals surface area (Å²) in [7, 11) is 4.07. The van der Waals surface area contributed by atoms with Gasteiger partial charge in [-0.2, -0.15) is 0 Å². The molecule has 4 rings (SSSR count). The molecule has 36 heavy (non-hydrogen) atoms. The summed E-state index contributed by atoms with van der Waals surface area (Å²) >= 11 is 0. The maximum Gasteiger partial charge on any atom is 0.296 e. The number of amides is 2. The Morgan fingerprint density at radius 1 is 1.06 bits per heavy atom. The molecule has 1 unspecified atom stereocenters. The van der Waals surface area contributed by atoms with Gasteiger partial charge in [0.25, 0.3) is 5.91 Å². The van der Waals surface area contributed by atoms with Gasteiger partial charge < -0.3 is 15.5 Å². The van der Waals surface area contributed by atoms with Gasteiger partial charge >= 0.3 is 0 Å². The highest BCUT2D eigenvalue weighted by molar-refractivity contribution is 6.24. The van der Waals surface area contributed by atoms with Gasteiger partial charge in [0.05, 0.1) is 11.4 Å². The van der Waals surface area contributed by atoms with E-state index in [1.54, 1.807) is 0 Å². The number of anilines is 1. The molecule has 1 atom stereocenters. The second kappa shape index (κ2) is 11.0. The maximum atomic E-state index is 13.2. The van der Waals surface area contributed by atoms with Crippen LogP contribution in [-0.4, -0.2) is 42.6 Å². The molecule has 0 saturated heterocycles. The zero-order chi connectivity index (χ0) is 25.7. The van der Waals surface area contributed by atoms with Crippen LogP contribution in [0.4, 0.5) is 11.4 Å². The first-order chi connectivity index (χ1) is 17.3. The van der Waals surface area contributed by atoms with Crippen molar-refractivity contribution >= 4 is 28.9 Å². The van der Waals surface area contributed by atoms with Gasteiger partial charge in [-0.05, 0) is 68.9 Å². The summed E-state index contributed by atoms with van der Waals surface area (Å²) in [6, 6.07) is 23.4. The third-order valence-electron chi connectivity index (χ3n) is 5.65. The Balaban J connectivity index is 1.69. The highest BCUT2D eigenvalue weighted by Gasteiger charge is 2.35. The van der Waals surface area contributed by atoms with Crippen LogP contribution in [0.3, 0.4) is 0 Å². The van der Waals surface area contributed by atoms with Crippen molar-refractivity contribution in [3.05, 3.63) is 95.1 Å². The predicted octanol–water partition coefficient (Wildman–Crippen LogP) is 4.48. The average Bonchev–Trinajstić information content (AvgIpc) is 3.16.